The maximum atomic E-state index is 10.0. The van der Waals surface area contributed by atoms with E-state index in [0.717, 1.165) is 0 Å². The third-order valence-electron chi connectivity index (χ3n) is 0.405. The van der Waals surface area contributed by atoms with E-state index in [4.69, 9.17) is 10.5 Å². The van der Waals surface area contributed by atoms with Crippen molar-refractivity contribution in [3.8, 4) is 12.3 Å². The summed E-state index contributed by atoms with van der Waals surface area (Å²) < 4.78 is 0. The van der Waals surface area contributed by atoms with E-state index >= 15 is 0 Å². The average Bonchev–Trinajstić information content (AvgIpc) is 1.68. The van der Waals surface area contributed by atoms with E-state index in [2.05, 4.69) is 5.32 Å². The first-order valence-electron chi connectivity index (χ1n) is 1.81. The van der Waals surface area contributed by atoms with Crippen LogP contribution in [0.5, 0.6) is 0 Å². The summed E-state index contributed by atoms with van der Waals surface area (Å²) in [5, 5.41) is 18.3. The van der Waals surface area contributed by atoms with Crippen LogP contribution in [0.25, 0.3) is 5.32 Å². The van der Waals surface area contributed by atoms with Crippen LogP contribution in [0.3, 0.4) is 0 Å². The van der Waals surface area contributed by atoms with Gasteiger partial charge in [-0.15, -0.1) is 0 Å². The van der Waals surface area contributed by atoms with Gasteiger partial charge < -0.3 is 10.6 Å². The van der Waals surface area contributed by atoms with Crippen molar-refractivity contribution in [1.82, 2.24) is 0 Å². The van der Waals surface area contributed by atoms with Gasteiger partial charge in [-0.3, -0.25) is 4.79 Å². The second kappa shape index (κ2) is 7.45. The van der Waals surface area contributed by atoms with Gasteiger partial charge in [-0.2, -0.15) is 5.26 Å². The Morgan fingerprint density at radius 2 is 2.11 bits per heavy atom. The van der Waals surface area contributed by atoms with Crippen LogP contribution < -0.4 is 29.6 Å². The minimum Gasteiger partial charge on any atom is -0.494 e. The smallest absolute Gasteiger partial charge is 0.494 e. The van der Waals surface area contributed by atoms with Gasteiger partial charge in [0, 0.05) is 0 Å². The third kappa shape index (κ3) is 7.45. The molecule has 0 aliphatic carbocycles. The molecule has 0 N–H and O–H groups in total. The fourth-order valence-electron chi connectivity index (χ4n) is 0.163. The molecule has 0 radical (unpaired) electrons. The van der Waals surface area contributed by atoms with Gasteiger partial charge in [0.15, 0.2) is 5.91 Å². The summed E-state index contributed by atoms with van der Waals surface area (Å²) in [6.07, 6.45) is 0.965. The average molecular weight is 131 g/mol. The quantitative estimate of drug-likeness (QED) is 0.286. The summed E-state index contributed by atoms with van der Waals surface area (Å²) in [7, 11) is 0. The molecule has 0 aromatic heterocycles. The fourth-order valence-corrected chi connectivity index (χ4v) is 0.163. The SMILES string of the molecule is N#CCC(=O)[N-]C#N.[Na+]. The summed E-state index contributed by atoms with van der Waals surface area (Å²) in [4.78, 5) is 10.0. The third-order valence-corrected chi connectivity index (χ3v) is 0.405. The predicted molar refractivity (Wildman–Crippen MR) is 24.2 cm³/mol. The Bertz CT molecular complexity index is 148. The van der Waals surface area contributed by atoms with E-state index in [-0.39, 0.29) is 36.0 Å². The molecule has 0 aromatic carbocycles. The zero-order chi connectivity index (χ0) is 6.41. The van der Waals surface area contributed by atoms with Crippen LogP contribution in [0.4, 0.5) is 0 Å². The van der Waals surface area contributed by atoms with Crippen LogP contribution in [-0.4, -0.2) is 5.91 Å². The second-order valence-corrected chi connectivity index (χ2v) is 0.940. The molecule has 0 aromatic rings. The van der Waals surface area contributed by atoms with Crippen LogP contribution >= 0.6 is 0 Å². The summed E-state index contributed by atoms with van der Waals surface area (Å²) in [5.74, 6) is -0.685. The van der Waals surface area contributed by atoms with E-state index in [1.807, 2.05) is 0 Å². The number of rotatable bonds is 1. The van der Waals surface area contributed by atoms with Crippen molar-refractivity contribution in [3.63, 3.8) is 0 Å². The standard InChI is InChI=1S/C4H3N3O.Na/c5-2-1-4(8)7-3-6;/h1H2,(H,7,8);/q;+1/p-1. The number of carbonyl (C=O) groups excluding carboxylic acids is 1. The molecule has 0 aliphatic rings. The summed E-state index contributed by atoms with van der Waals surface area (Å²) in [6, 6.07) is 1.56. The van der Waals surface area contributed by atoms with Crippen molar-refractivity contribution < 1.29 is 34.4 Å². The molecule has 4 nitrogen and oxygen atoms in total. The Morgan fingerprint density at radius 3 is 2.44 bits per heavy atom. The zero-order valence-corrected chi connectivity index (χ0v) is 6.96. The number of carbonyl (C=O) groups is 1. The summed E-state index contributed by atoms with van der Waals surface area (Å²) in [6.45, 7) is 0. The van der Waals surface area contributed by atoms with Crippen molar-refractivity contribution in [2.45, 2.75) is 6.42 Å². The molecule has 0 spiro atoms. The van der Waals surface area contributed by atoms with Crippen LogP contribution in [0, 0.1) is 22.8 Å². The summed E-state index contributed by atoms with van der Waals surface area (Å²) >= 11 is 0. The summed E-state index contributed by atoms with van der Waals surface area (Å²) in [5.41, 5.74) is 0. The number of nitriles is 2. The number of hydrogen-bond acceptors (Lipinski definition) is 3. The Kier molecular flexibility index (Phi) is 9.33. The Hall–Kier alpha value is -0.550. The number of nitrogens with zero attached hydrogens (tertiary/aromatic N) is 3. The van der Waals surface area contributed by atoms with E-state index < -0.39 is 5.91 Å². The van der Waals surface area contributed by atoms with Crippen LogP contribution in [-0.2, 0) is 4.79 Å². The van der Waals surface area contributed by atoms with Crippen LogP contribution in [0.15, 0.2) is 0 Å². The second-order valence-electron chi connectivity index (χ2n) is 0.940. The van der Waals surface area contributed by atoms with Gasteiger partial charge in [0.1, 0.15) is 0 Å². The van der Waals surface area contributed by atoms with Crippen molar-refractivity contribution in [2.75, 3.05) is 0 Å². The van der Waals surface area contributed by atoms with Gasteiger partial charge in [0.2, 0.25) is 0 Å². The molecule has 9 heavy (non-hydrogen) atoms. The predicted octanol–water partition coefficient (Wildman–Crippen LogP) is -2.71. The van der Waals surface area contributed by atoms with Gasteiger partial charge in [-0.1, -0.05) is 6.19 Å². The molecule has 40 valence electrons. The molecule has 0 unspecified atom stereocenters. The van der Waals surface area contributed by atoms with Gasteiger partial charge in [-0.05, 0) is 0 Å². The topological polar surface area (TPSA) is 78.8 Å². The van der Waals surface area contributed by atoms with Gasteiger partial charge in [-0.25, -0.2) is 0 Å². The Balaban J connectivity index is 0. The normalized spacial score (nSPS) is 5.56. The first-order valence-corrected chi connectivity index (χ1v) is 1.81. The maximum absolute atomic E-state index is 10.0. The van der Waals surface area contributed by atoms with Crippen molar-refractivity contribution in [1.29, 1.82) is 10.5 Å². The number of hydrogen-bond donors (Lipinski definition) is 0. The Morgan fingerprint density at radius 1 is 1.56 bits per heavy atom. The minimum absolute atomic E-state index is 0. The van der Waals surface area contributed by atoms with Gasteiger partial charge in [0.05, 0.1) is 12.5 Å². The number of amides is 1. The molecule has 0 rings (SSSR count). The molecule has 0 saturated heterocycles. The molecule has 0 fully saturated rings. The van der Waals surface area contributed by atoms with E-state index in [9.17, 15) is 4.79 Å². The molecule has 0 aliphatic heterocycles. The molecule has 5 heteroatoms. The van der Waals surface area contributed by atoms with Crippen molar-refractivity contribution in [3.05, 3.63) is 5.32 Å². The van der Waals surface area contributed by atoms with E-state index in [0.29, 0.717) is 0 Å². The van der Waals surface area contributed by atoms with Crippen LogP contribution in [0.1, 0.15) is 6.42 Å². The van der Waals surface area contributed by atoms with Crippen molar-refractivity contribution >= 4 is 5.91 Å². The molecule has 1 amide bonds. The maximum Gasteiger partial charge on any atom is 1.00 e. The van der Waals surface area contributed by atoms with E-state index in [1.165, 1.54) is 6.19 Å². The largest absolute Gasteiger partial charge is 1.00 e. The molecular formula is C4H2N3NaO. The fraction of sp³-hybridized carbons (Fsp3) is 0.250. The molecule has 0 atom stereocenters. The van der Waals surface area contributed by atoms with Gasteiger partial charge >= 0.3 is 29.6 Å². The van der Waals surface area contributed by atoms with Crippen molar-refractivity contribution in [2.24, 2.45) is 0 Å². The monoisotopic (exact) mass is 131 g/mol. The van der Waals surface area contributed by atoms with E-state index in [1.54, 1.807) is 6.07 Å². The van der Waals surface area contributed by atoms with Crippen LogP contribution in [0.2, 0.25) is 0 Å². The first kappa shape index (κ1) is 11.3. The zero-order valence-electron chi connectivity index (χ0n) is 4.96. The molecule has 0 heterocycles. The molecule has 0 bridgehead atoms. The molecular weight excluding hydrogens is 129 g/mol. The molecule has 0 saturated carbocycles. The minimum atomic E-state index is -0.685. The first-order chi connectivity index (χ1) is 3.81. The Labute approximate surface area is 74.7 Å². The van der Waals surface area contributed by atoms with Gasteiger partial charge in [0.25, 0.3) is 0 Å².